The second-order valence-electron chi connectivity index (χ2n) is 7.23. The first-order chi connectivity index (χ1) is 13.7. The highest BCUT2D eigenvalue weighted by Gasteiger charge is 2.57. The Morgan fingerprint density at radius 2 is 1.83 bits per heavy atom. The summed E-state index contributed by atoms with van der Waals surface area (Å²) in [5, 5.41) is 0. The standard InChI is InChI=1S/C21H27F2NO5/c1-4-28-20(27)24-16(19(26)29-14(2)3)11-12-17(24)21(22,23)18(25)13-10-15-8-6-5-7-9-15/h5-9,14,16-17H,4,10-13H2,1-3H3/t16-,17?/m0/s1. The molecule has 1 heterocycles. The Kier molecular flexibility index (Phi) is 7.70. The van der Waals surface area contributed by atoms with Crippen molar-refractivity contribution >= 4 is 17.8 Å². The van der Waals surface area contributed by atoms with Crippen LogP contribution in [-0.2, 0) is 25.5 Å². The molecule has 1 aliphatic heterocycles. The number of nitrogens with zero attached hydrogens (tertiary/aromatic N) is 1. The quantitative estimate of drug-likeness (QED) is 0.609. The van der Waals surface area contributed by atoms with Gasteiger partial charge in [-0.25, -0.2) is 9.59 Å². The average Bonchev–Trinajstić information content (AvgIpc) is 3.12. The number of ketones is 1. The molecule has 0 spiro atoms. The summed E-state index contributed by atoms with van der Waals surface area (Å²) in [6, 6.07) is 5.90. The maximum atomic E-state index is 15.0. The first-order valence-electron chi connectivity index (χ1n) is 9.79. The van der Waals surface area contributed by atoms with E-state index >= 15 is 8.78 Å². The highest BCUT2D eigenvalue weighted by Crippen LogP contribution is 2.37. The van der Waals surface area contributed by atoms with Gasteiger partial charge in [0.1, 0.15) is 12.1 Å². The minimum atomic E-state index is -3.80. The second-order valence-corrected chi connectivity index (χ2v) is 7.23. The fraction of sp³-hybridized carbons (Fsp3) is 0.571. The molecule has 1 fully saturated rings. The number of Topliss-reactive ketones (excluding diaryl/α,β-unsaturated/α-hetero) is 1. The summed E-state index contributed by atoms with van der Waals surface area (Å²) in [6.07, 6.45) is -1.92. The third-order valence-electron chi connectivity index (χ3n) is 4.76. The molecule has 2 rings (SSSR count). The van der Waals surface area contributed by atoms with Crippen molar-refractivity contribution < 1.29 is 32.6 Å². The van der Waals surface area contributed by atoms with E-state index in [0.717, 1.165) is 5.56 Å². The number of alkyl halides is 2. The molecule has 1 aromatic carbocycles. The maximum absolute atomic E-state index is 15.0. The van der Waals surface area contributed by atoms with Crippen LogP contribution in [-0.4, -0.2) is 53.5 Å². The lowest BCUT2D eigenvalue weighted by Gasteiger charge is -2.32. The van der Waals surface area contributed by atoms with E-state index < -0.39 is 42.0 Å². The first-order valence-corrected chi connectivity index (χ1v) is 9.79. The topological polar surface area (TPSA) is 72.9 Å². The number of carbonyl (C=O) groups excluding carboxylic acids is 3. The summed E-state index contributed by atoms with van der Waals surface area (Å²) in [6.45, 7) is 4.75. The zero-order valence-electron chi connectivity index (χ0n) is 16.9. The van der Waals surface area contributed by atoms with Gasteiger partial charge in [0, 0.05) is 6.42 Å². The van der Waals surface area contributed by atoms with Crippen LogP contribution in [0.5, 0.6) is 0 Å². The molecule has 1 aliphatic rings. The van der Waals surface area contributed by atoms with Gasteiger partial charge in [-0.05, 0) is 45.6 Å². The van der Waals surface area contributed by atoms with Crippen molar-refractivity contribution in [2.75, 3.05) is 6.61 Å². The first kappa shape index (κ1) is 22.8. The Labute approximate surface area is 169 Å². The van der Waals surface area contributed by atoms with Crippen molar-refractivity contribution in [3.05, 3.63) is 35.9 Å². The van der Waals surface area contributed by atoms with Crippen molar-refractivity contribution in [3.63, 3.8) is 0 Å². The van der Waals surface area contributed by atoms with Gasteiger partial charge in [0.25, 0.3) is 0 Å². The smallest absolute Gasteiger partial charge is 0.410 e. The van der Waals surface area contributed by atoms with Crippen LogP contribution in [0.4, 0.5) is 13.6 Å². The zero-order chi connectivity index (χ0) is 21.6. The molecule has 0 aliphatic carbocycles. The van der Waals surface area contributed by atoms with Crippen LogP contribution in [0.15, 0.2) is 30.3 Å². The molecule has 0 radical (unpaired) electrons. The Morgan fingerprint density at radius 1 is 1.17 bits per heavy atom. The van der Waals surface area contributed by atoms with E-state index in [1.807, 2.05) is 0 Å². The minimum Gasteiger partial charge on any atom is -0.461 e. The lowest BCUT2D eigenvalue weighted by molar-refractivity contribution is -0.159. The molecular formula is C21H27F2NO5. The molecule has 6 nitrogen and oxygen atoms in total. The molecule has 2 atom stereocenters. The van der Waals surface area contributed by atoms with E-state index in [0.29, 0.717) is 4.90 Å². The number of esters is 1. The lowest BCUT2D eigenvalue weighted by atomic mass is 9.98. The van der Waals surface area contributed by atoms with E-state index in [2.05, 4.69) is 0 Å². The highest BCUT2D eigenvalue weighted by molar-refractivity contribution is 5.89. The van der Waals surface area contributed by atoms with Crippen LogP contribution in [0.3, 0.4) is 0 Å². The van der Waals surface area contributed by atoms with E-state index in [9.17, 15) is 14.4 Å². The number of rotatable bonds is 8. The maximum Gasteiger partial charge on any atom is 0.410 e. The molecule has 0 saturated carbocycles. The number of ether oxygens (including phenoxy) is 2. The lowest BCUT2D eigenvalue weighted by Crippen LogP contribution is -2.55. The normalized spacial score (nSPS) is 19.3. The summed E-state index contributed by atoms with van der Waals surface area (Å²) in [4.78, 5) is 37.7. The SMILES string of the molecule is CCOC(=O)N1C(C(F)(F)C(=O)CCc2ccccc2)CC[C@H]1C(=O)OC(C)C. The molecule has 160 valence electrons. The molecule has 29 heavy (non-hydrogen) atoms. The van der Waals surface area contributed by atoms with Crippen LogP contribution >= 0.6 is 0 Å². The van der Waals surface area contributed by atoms with Gasteiger partial charge in [0.15, 0.2) is 0 Å². The highest BCUT2D eigenvalue weighted by atomic mass is 19.3. The summed E-state index contributed by atoms with van der Waals surface area (Å²) < 4.78 is 40.0. The number of benzene rings is 1. The Morgan fingerprint density at radius 3 is 2.41 bits per heavy atom. The van der Waals surface area contributed by atoms with Crippen molar-refractivity contribution in [1.82, 2.24) is 4.90 Å². The third-order valence-corrected chi connectivity index (χ3v) is 4.76. The van der Waals surface area contributed by atoms with Crippen molar-refractivity contribution in [2.45, 2.75) is 70.6 Å². The van der Waals surface area contributed by atoms with Crippen LogP contribution in [0.1, 0.15) is 45.6 Å². The number of amides is 1. The van der Waals surface area contributed by atoms with Crippen molar-refractivity contribution in [1.29, 1.82) is 0 Å². The molecule has 1 saturated heterocycles. The fourth-order valence-corrected chi connectivity index (χ4v) is 3.42. The average molecular weight is 411 g/mol. The molecule has 0 N–H and O–H groups in total. The largest absolute Gasteiger partial charge is 0.461 e. The number of likely N-dealkylation sites (tertiary alicyclic amines) is 1. The second kappa shape index (κ2) is 9.80. The molecule has 8 heteroatoms. The Hall–Kier alpha value is -2.51. The fourth-order valence-electron chi connectivity index (χ4n) is 3.42. The van der Waals surface area contributed by atoms with E-state index in [1.54, 1.807) is 44.2 Å². The third kappa shape index (κ3) is 5.52. The molecule has 0 aromatic heterocycles. The number of aryl methyl sites for hydroxylation is 1. The van der Waals surface area contributed by atoms with Crippen LogP contribution < -0.4 is 0 Å². The van der Waals surface area contributed by atoms with Crippen LogP contribution in [0.25, 0.3) is 0 Å². The molecular weight excluding hydrogens is 384 g/mol. The van der Waals surface area contributed by atoms with Gasteiger partial charge in [-0.2, -0.15) is 8.78 Å². The predicted octanol–water partition coefficient (Wildman–Crippen LogP) is 3.76. The molecule has 0 bridgehead atoms. The van der Waals surface area contributed by atoms with E-state index in [-0.39, 0.29) is 32.3 Å². The number of hydrogen-bond donors (Lipinski definition) is 0. The summed E-state index contributed by atoms with van der Waals surface area (Å²) >= 11 is 0. The van der Waals surface area contributed by atoms with Crippen LogP contribution in [0.2, 0.25) is 0 Å². The molecule has 1 unspecified atom stereocenters. The van der Waals surface area contributed by atoms with E-state index in [1.165, 1.54) is 6.92 Å². The Bertz CT molecular complexity index is 723. The molecule has 1 amide bonds. The van der Waals surface area contributed by atoms with Gasteiger partial charge < -0.3 is 9.47 Å². The van der Waals surface area contributed by atoms with Gasteiger partial charge >= 0.3 is 18.0 Å². The Balaban J connectivity index is 2.18. The summed E-state index contributed by atoms with van der Waals surface area (Å²) in [5.41, 5.74) is 0.767. The van der Waals surface area contributed by atoms with Gasteiger partial charge in [-0.15, -0.1) is 0 Å². The number of halogens is 2. The van der Waals surface area contributed by atoms with Gasteiger partial charge in [0.2, 0.25) is 5.78 Å². The number of carbonyl (C=O) groups is 3. The van der Waals surface area contributed by atoms with Gasteiger partial charge in [-0.1, -0.05) is 30.3 Å². The minimum absolute atomic E-state index is 0.0173. The molecule has 1 aromatic rings. The van der Waals surface area contributed by atoms with E-state index in [4.69, 9.17) is 9.47 Å². The summed E-state index contributed by atoms with van der Waals surface area (Å²) in [5.74, 6) is -5.84. The van der Waals surface area contributed by atoms with Gasteiger partial charge in [0.05, 0.1) is 12.7 Å². The van der Waals surface area contributed by atoms with Crippen LogP contribution in [0, 0.1) is 0 Å². The number of hydrogen-bond acceptors (Lipinski definition) is 5. The zero-order valence-corrected chi connectivity index (χ0v) is 16.9. The monoisotopic (exact) mass is 411 g/mol. The van der Waals surface area contributed by atoms with Crippen molar-refractivity contribution in [3.8, 4) is 0 Å². The summed E-state index contributed by atoms with van der Waals surface area (Å²) in [7, 11) is 0. The van der Waals surface area contributed by atoms with Crippen molar-refractivity contribution in [2.24, 2.45) is 0 Å². The van der Waals surface area contributed by atoms with Gasteiger partial charge in [-0.3, -0.25) is 9.69 Å². The predicted molar refractivity (Wildman–Crippen MR) is 102 cm³/mol.